The van der Waals surface area contributed by atoms with Crippen molar-refractivity contribution in [2.75, 3.05) is 0 Å². The van der Waals surface area contributed by atoms with Crippen molar-refractivity contribution in [3.8, 4) is 0 Å². The summed E-state index contributed by atoms with van der Waals surface area (Å²) < 4.78 is 1.87. The van der Waals surface area contributed by atoms with E-state index in [0.29, 0.717) is 11.7 Å². The smallest absolute Gasteiger partial charge is 0.354 e. The zero-order valence-electron chi connectivity index (χ0n) is 9.97. The third-order valence-corrected chi connectivity index (χ3v) is 2.83. The minimum Gasteiger partial charge on any atom is -0.477 e. The summed E-state index contributed by atoms with van der Waals surface area (Å²) in [4.78, 5) is 18.5. The molecule has 0 aromatic carbocycles. The Labute approximate surface area is 108 Å². The first-order valence-electron chi connectivity index (χ1n) is 5.87. The molecule has 0 aliphatic heterocycles. The first-order chi connectivity index (χ1) is 9.24. The number of aromatic nitrogens is 5. The first-order valence-corrected chi connectivity index (χ1v) is 5.87. The Balaban J connectivity index is 1.83. The molecule has 2 aromatic heterocycles. The molecule has 0 atom stereocenters. The molecule has 2 heterocycles. The SMILES string of the molecule is O=C(O)c1cc(/C=C/c2cnnn2C2CC2)ncn1. The highest BCUT2D eigenvalue weighted by Crippen LogP contribution is 2.35. The molecular formula is C12H11N5O2. The number of carboxylic acids is 1. The van der Waals surface area contributed by atoms with Gasteiger partial charge in [0.25, 0.3) is 0 Å². The van der Waals surface area contributed by atoms with Crippen LogP contribution in [0.1, 0.15) is 40.8 Å². The maximum absolute atomic E-state index is 10.8. The molecule has 1 aliphatic rings. The number of hydrogen-bond acceptors (Lipinski definition) is 5. The molecular weight excluding hydrogens is 246 g/mol. The molecule has 7 nitrogen and oxygen atoms in total. The molecule has 1 saturated carbocycles. The second-order valence-corrected chi connectivity index (χ2v) is 4.30. The van der Waals surface area contributed by atoms with Crippen LogP contribution in [-0.2, 0) is 0 Å². The molecule has 0 spiro atoms. The number of aromatic carboxylic acids is 1. The Hall–Kier alpha value is -2.57. The lowest BCUT2D eigenvalue weighted by atomic mass is 10.3. The number of hydrogen-bond donors (Lipinski definition) is 1. The Kier molecular flexibility index (Phi) is 2.79. The van der Waals surface area contributed by atoms with Crippen LogP contribution in [0.4, 0.5) is 0 Å². The molecule has 0 amide bonds. The van der Waals surface area contributed by atoms with E-state index in [-0.39, 0.29) is 5.69 Å². The van der Waals surface area contributed by atoms with Crippen LogP contribution in [0.15, 0.2) is 18.6 Å². The van der Waals surface area contributed by atoms with E-state index in [1.165, 1.54) is 12.4 Å². The summed E-state index contributed by atoms with van der Waals surface area (Å²) in [5.74, 6) is -1.07. The van der Waals surface area contributed by atoms with Crippen LogP contribution in [0.5, 0.6) is 0 Å². The van der Waals surface area contributed by atoms with Gasteiger partial charge in [0.2, 0.25) is 0 Å². The molecule has 1 N–H and O–H groups in total. The second kappa shape index (κ2) is 4.60. The van der Waals surface area contributed by atoms with E-state index >= 15 is 0 Å². The zero-order chi connectivity index (χ0) is 13.2. The number of carbonyl (C=O) groups is 1. The number of carboxylic acid groups (broad SMARTS) is 1. The van der Waals surface area contributed by atoms with E-state index in [4.69, 9.17) is 5.11 Å². The molecule has 3 rings (SSSR count). The molecule has 7 heteroatoms. The first kappa shape index (κ1) is 11.5. The van der Waals surface area contributed by atoms with Gasteiger partial charge < -0.3 is 5.11 Å². The average molecular weight is 257 g/mol. The predicted molar refractivity (Wildman–Crippen MR) is 66.2 cm³/mol. The van der Waals surface area contributed by atoms with Crippen LogP contribution in [0.25, 0.3) is 12.2 Å². The quantitative estimate of drug-likeness (QED) is 0.886. The highest BCUT2D eigenvalue weighted by Gasteiger charge is 2.26. The number of nitrogens with zero attached hydrogens (tertiary/aromatic N) is 5. The van der Waals surface area contributed by atoms with E-state index < -0.39 is 5.97 Å². The summed E-state index contributed by atoms with van der Waals surface area (Å²) in [5.41, 5.74) is 1.40. The van der Waals surface area contributed by atoms with Crippen molar-refractivity contribution >= 4 is 18.1 Å². The monoisotopic (exact) mass is 257 g/mol. The van der Waals surface area contributed by atoms with Gasteiger partial charge in [0.05, 0.1) is 23.6 Å². The van der Waals surface area contributed by atoms with E-state index in [2.05, 4.69) is 20.3 Å². The Morgan fingerprint density at radius 2 is 2.21 bits per heavy atom. The average Bonchev–Trinajstić information content (AvgIpc) is 3.16. The summed E-state index contributed by atoms with van der Waals surface area (Å²) in [7, 11) is 0. The summed E-state index contributed by atoms with van der Waals surface area (Å²) in [6, 6.07) is 1.87. The van der Waals surface area contributed by atoms with Crippen molar-refractivity contribution in [2.24, 2.45) is 0 Å². The van der Waals surface area contributed by atoms with Crippen molar-refractivity contribution in [1.29, 1.82) is 0 Å². The lowest BCUT2D eigenvalue weighted by Crippen LogP contribution is -2.01. The van der Waals surface area contributed by atoms with Gasteiger partial charge in [0.15, 0.2) is 5.69 Å². The van der Waals surface area contributed by atoms with Crippen LogP contribution in [-0.4, -0.2) is 36.0 Å². The van der Waals surface area contributed by atoms with Gasteiger partial charge in [-0.25, -0.2) is 19.4 Å². The van der Waals surface area contributed by atoms with Gasteiger partial charge in [-0.15, -0.1) is 5.10 Å². The van der Waals surface area contributed by atoms with Gasteiger partial charge in [-0.2, -0.15) is 0 Å². The Morgan fingerprint density at radius 1 is 1.37 bits per heavy atom. The molecule has 96 valence electrons. The summed E-state index contributed by atoms with van der Waals surface area (Å²) in [6.45, 7) is 0. The summed E-state index contributed by atoms with van der Waals surface area (Å²) >= 11 is 0. The summed E-state index contributed by atoms with van der Waals surface area (Å²) in [6.07, 6.45) is 8.72. The lowest BCUT2D eigenvalue weighted by molar-refractivity contribution is 0.0690. The van der Waals surface area contributed by atoms with Gasteiger partial charge in [0, 0.05) is 0 Å². The fraction of sp³-hybridized carbons (Fsp3) is 0.250. The fourth-order valence-corrected chi connectivity index (χ4v) is 1.72. The van der Waals surface area contributed by atoms with Gasteiger partial charge >= 0.3 is 5.97 Å². The minimum atomic E-state index is -1.07. The van der Waals surface area contributed by atoms with Crippen molar-refractivity contribution in [3.63, 3.8) is 0 Å². The molecule has 2 aromatic rings. The van der Waals surface area contributed by atoms with Crippen LogP contribution >= 0.6 is 0 Å². The molecule has 0 bridgehead atoms. The largest absolute Gasteiger partial charge is 0.477 e. The van der Waals surface area contributed by atoms with Crippen LogP contribution in [0.2, 0.25) is 0 Å². The van der Waals surface area contributed by atoms with Crippen LogP contribution in [0.3, 0.4) is 0 Å². The van der Waals surface area contributed by atoms with Crippen LogP contribution < -0.4 is 0 Å². The van der Waals surface area contributed by atoms with E-state index in [0.717, 1.165) is 18.5 Å². The predicted octanol–water partition coefficient (Wildman–Crippen LogP) is 1.27. The van der Waals surface area contributed by atoms with Gasteiger partial charge in [0.1, 0.15) is 6.33 Å². The van der Waals surface area contributed by atoms with E-state index in [1.807, 2.05) is 10.8 Å². The standard InChI is InChI=1S/C12H11N5O2/c18-12(19)11-5-8(13-7-14-11)1-2-10-6-15-16-17(10)9-3-4-9/h1-2,5-7,9H,3-4H2,(H,18,19)/b2-1+. The highest BCUT2D eigenvalue weighted by atomic mass is 16.4. The van der Waals surface area contributed by atoms with Gasteiger partial charge in [-0.05, 0) is 31.1 Å². The van der Waals surface area contributed by atoms with Gasteiger partial charge in [-0.3, -0.25) is 0 Å². The Morgan fingerprint density at radius 3 is 2.95 bits per heavy atom. The van der Waals surface area contributed by atoms with Crippen molar-refractivity contribution in [3.05, 3.63) is 35.7 Å². The summed E-state index contributed by atoms with van der Waals surface area (Å²) in [5, 5.41) is 16.7. The van der Waals surface area contributed by atoms with Crippen molar-refractivity contribution in [1.82, 2.24) is 25.0 Å². The molecule has 0 saturated heterocycles. The highest BCUT2D eigenvalue weighted by molar-refractivity contribution is 5.86. The second-order valence-electron chi connectivity index (χ2n) is 4.30. The van der Waals surface area contributed by atoms with Crippen molar-refractivity contribution in [2.45, 2.75) is 18.9 Å². The fourth-order valence-electron chi connectivity index (χ4n) is 1.72. The lowest BCUT2D eigenvalue weighted by Gasteiger charge is -1.99. The molecule has 0 radical (unpaired) electrons. The van der Waals surface area contributed by atoms with Crippen LogP contribution in [0, 0.1) is 0 Å². The van der Waals surface area contributed by atoms with Gasteiger partial charge in [-0.1, -0.05) is 5.21 Å². The van der Waals surface area contributed by atoms with E-state index in [1.54, 1.807) is 12.3 Å². The Bertz CT molecular complexity index is 645. The molecule has 1 aliphatic carbocycles. The van der Waals surface area contributed by atoms with Crippen molar-refractivity contribution < 1.29 is 9.90 Å². The molecule has 19 heavy (non-hydrogen) atoms. The zero-order valence-corrected chi connectivity index (χ0v) is 9.97. The number of rotatable bonds is 4. The topological polar surface area (TPSA) is 93.8 Å². The maximum Gasteiger partial charge on any atom is 0.354 e. The molecule has 1 fully saturated rings. The third kappa shape index (κ3) is 2.49. The third-order valence-electron chi connectivity index (χ3n) is 2.83. The molecule has 0 unspecified atom stereocenters. The minimum absolute atomic E-state index is 0.0246. The normalized spacial score (nSPS) is 14.9. The maximum atomic E-state index is 10.8. The van der Waals surface area contributed by atoms with E-state index in [9.17, 15) is 4.79 Å².